The van der Waals surface area contributed by atoms with Gasteiger partial charge in [0.1, 0.15) is 5.01 Å². The molecular weight excluding hydrogens is 617 g/mol. The monoisotopic (exact) mass is 640 g/mol. The largest absolute Gasteiger partial charge is 0.310 e. The van der Waals surface area contributed by atoms with Gasteiger partial charge in [-0.15, -0.1) is 34.0 Å². The lowest BCUT2D eigenvalue weighted by Gasteiger charge is -2.26. The van der Waals surface area contributed by atoms with Gasteiger partial charge in [-0.1, -0.05) is 91.0 Å². The van der Waals surface area contributed by atoms with Crippen molar-refractivity contribution in [3.8, 4) is 10.6 Å². The number of aromatic nitrogens is 1. The lowest BCUT2D eigenvalue weighted by molar-refractivity contribution is 1.30. The fourth-order valence-corrected chi connectivity index (χ4v) is 10.1. The number of fused-ring (bicyclic) bond motifs is 9. The second-order valence-corrected chi connectivity index (χ2v) is 14.8. The van der Waals surface area contributed by atoms with E-state index in [0.717, 1.165) is 33.1 Å². The van der Waals surface area contributed by atoms with E-state index < -0.39 is 0 Å². The Kier molecular flexibility index (Phi) is 5.82. The van der Waals surface area contributed by atoms with Crippen molar-refractivity contribution in [1.82, 2.24) is 4.98 Å². The summed E-state index contributed by atoms with van der Waals surface area (Å²) in [5, 5.41) is 8.76. The van der Waals surface area contributed by atoms with E-state index in [1.807, 2.05) is 22.7 Å². The Morgan fingerprint density at radius 2 is 0.957 bits per heavy atom. The lowest BCUT2D eigenvalue weighted by Crippen LogP contribution is -2.09. The van der Waals surface area contributed by atoms with Gasteiger partial charge in [-0.05, 0) is 60.0 Å². The number of thiophene rings is 2. The van der Waals surface area contributed by atoms with Gasteiger partial charge in [-0.2, -0.15) is 0 Å². The molecule has 0 aliphatic heterocycles. The second kappa shape index (κ2) is 10.2. The Morgan fingerprint density at radius 1 is 0.413 bits per heavy atom. The zero-order valence-corrected chi connectivity index (χ0v) is 26.9. The number of benzene rings is 7. The number of thiazole rings is 1. The molecule has 0 saturated heterocycles. The summed E-state index contributed by atoms with van der Waals surface area (Å²) in [6.07, 6.45) is 0. The van der Waals surface area contributed by atoms with Crippen LogP contribution in [0.25, 0.3) is 71.9 Å². The van der Waals surface area contributed by atoms with Crippen LogP contribution < -0.4 is 4.90 Å². The van der Waals surface area contributed by atoms with Crippen LogP contribution in [-0.2, 0) is 0 Å². The van der Waals surface area contributed by atoms with Crippen molar-refractivity contribution in [3.63, 3.8) is 0 Å². The summed E-state index contributed by atoms with van der Waals surface area (Å²) in [6.45, 7) is 0. The highest BCUT2D eigenvalue weighted by Gasteiger charge is 2.18. The summed E-state index contributed by atoms with van der Waals surface area (Å²) in [5.74, 6) is 0. The summed E-state index contributed by atoms with van der Waals surface area (Å²) >= 11 is 5.50. The molecule has 5 heteroatoms. The molecular formula is C41H24N2S3. The highest BCUT2D eigenvalue weighted by atomic mass is 32.1. The molecule has 46 heavy (non-hydrogen) atoms. The first-order valence-electron chi connectivity index (χ1n) is 15.3. The van der Waals surface area contributed by atoms with Gasteiger partial charge in [0.2, 0.25) is 0 Å². The molecule has 0 aliphatic rings. The van der Waals surface area contributed by atoms with E-state index in [1.54, 1.807) is 11.3 Å². The molecule has 0 unspecified atom stereocenters. The first kappa shape index (κ1) is 26.2. The van der Waals surface area contributed by atoms with Crippen molar-refractivity contribution < 1.29 is 0 Å². The van der Waals surface area contributed by atoms with Gasteiger partial charge in [0.15, 0.2) is 0 Å². The van der Waals surface area contributed by atoms with Crippen LogP contribution in [0.15, 0.2) is 146 Å². The number of hydrogen-bond donors (Lipinski definition) is 0. The Labute approximate surface area is 277 Å². The molecule has 10 aromatic rings. The van der Waals surface area contributed by atoms with E-state index in [9.17, 15) is 0 Å². The van der Waals surface area contributed by atoms with Crippen molar-refractivity contribution in [3.05, 3.63) is 146 Å². The summed E-state index contributed by atoms with van der Waals surface area (Å²) in [4.78, 5) is 7.46. The minimum absolute atomic E-state index is 1.04. The van der Waals surface area contributed by atoms with E-state index in [1.165, 1.54) is 55.8 Å². The van der Waals surface area contributed by atoms with Crippen LogP contribution in [0, 0.1) is 0 Å². The van der Waals surface area contributed by atoms with E-state index in [4.69, 9.17) is 4.98 Å². The highest BCUT2D eigenvalue weighted by Crippen LogP contribution is 2.44. The van der Waals surface area contributed by atoms with Gasteiger partial charge < -0.3 is 4.90 Å². The molecule has 0 bridgehead atoms. The van der Waals surface area contributed by atoms with Crippen LogP contribution in [0.1, 0.15) is 0 Å². The summed E-state index contributed by atoms with van der Waals surface area (Å²) < 4.78 is 6.45. The minimum atomic E-state index is 1.04. The number of anilines is 3. The topological polar surface area (TPSA) is 16.1 Å². The molecule has 2 nitrogen and oxygen atoms in total. The first-order valence-corrected chi connectivity index (χ1v) is 17.7. The van der Waals surface area contributed by atoms with Crippen molar-refractivity contribution in [2.75, 3.05) is 4.90 Å². The highest BCUT2D eigenvalue weighted by molar-refractivity contribution is 7.26. The maximum absolute atomic E-state index is 5.04. The predicted molar refractivity (Wildman–Crippen MR) is 203 cm³/mol. The molecule has 7 aromatic carbocycles. The predicted octanol–water partition coefficient (Wildman–Crippen LogP) is 13.3. The average Bonchev–Trinajstić information content (AvgIpc) is 3.82. The molecule has 0 fully saturated rings. The standard InChI is InChI=1S/C41H24N2S3/c1-2-8-26(9-3-1)41-42-35-21-15-25-14-16-27(22-34(25)40(35)46-41)43(28-17-19-32-30-10-4-6-12-36(30)44-38(32)23-28)29-18-20-33-31-11-5-7-13-37(31)45-39(33)24-29/h1-24H. The molecule has 10 rings (SSSR count). The molecule has 0 spiro atoms. The molecule has 0 saturated carbocycles. The second-order valence-electron chi connectivity index (χ2n) is 11.6. The van der Waals surface area contributed by atoms with Crippen molar-refractivity contribution in [2.24, 2.45) is 0 Å². The van der Waals surface area contributed by atoms with Gasteiger partial charge in [-0.25, -0.2) is 4.98 Å². The van der Waals surface area contributed by atoms with Crippen molar-refractivity contribution in [1.29, 1.82) is 0 Å². The van der Waals surface area contributed by atoms with Crippen LogP contribution in [0.2, 0.25) is 0 Å². The fourth-order valence-electron chi connectivity index (χ4n) is 6.69. The third kappa shape index (κ3) is 4.10. The van der Waals surface area contributed by atoms with Gasteiger partial charge >= 0.3 is 0 Å². The number of hydrogen-bond acceptors (Lipinski definition) is 5. The fraction of sp³-hybridized carbons (Fsp3) is 0. The van der Waals surface area contributed by atoms with E-state index >= 15 is 0 Å². The van der Waals surface area contributed by atoms with Crippen LogP contribution in [0.3, 0.4) is 0 Å². The molecule has 0 aliphatic carbocycles. The Bertz CT molecular complexity index is 2660. The van der Waals surface area contributed by atoms with Crippen LogP contribution in [0.5, 0.6) is 0 Å². The van der Waals surface area contributed by atoms with Crippen LogP contribution in [-0.4, -0.2) is 4.98 Å². The summed E-state index contributed by atoms with van der Waals surface area (Å²) in [7, 11) is 0. The SMILES string of the molecule is c1ccc(-c2nc3ccc4ccc(N(c5ccc6c(c5)sc5ccccc56)c5ccc6c(c5)sc5ccccc56)cc4c3s2)cc1. The van der Waals surface area contributed by atoms with E-state index in [2.05, 4.69) is 150 Å². The zero-order chi connectivity index (χ0) is 30.2. The molecule has 0 N–H and O–H groups in total. The first-order chi connectivity index (χ1) is 22.8. The summed E-state index contributed by atoms with van der Waals surface area (Å²) in [5.41, 5.74) is 5.64. The molecule has 0 atom stereocenters. The Balaban J connectivity index is 1.20. The molecule has 0 radical (unpaired) electrons. The smallest absolute Gasteiger partial charge is 0.124 e. The maximum atomic E-state index is 5.04. The maximum Gasteiger partial charge on any atom is 0.124 e. The Hall–Kier alpha value is -5.07. The van der Waals surface area contributed by atoms with Gasteiger partial charge in [0, 0.05) is 68.4 Å². The summed E-state index contributed by atoms with van der Waals surface area (Å²) in [6, 6.07) is 53.0. The van der Waals surface area contributed by atoms with Crippen molar-refractivity contribution >= 4 is 112 Å². The third-order valence-electron chi connectivity index (χ3n) is 8.88. The Morgan fingerprint density at radius 3 is 1.63 bits per heavy atom. The average molecular weight is 641 g/mol. The number of nitrogens with zero attached hydrogens (tertiary/aromatic N) is 2. The van der Waals surface area contributed by atoms with Crippen LogP contribution >= 0.6 is 34.0 Å². The molecule has 3 aromatic heterocycles. The molecule has 0 amide bonds. The van der Waals surface area contributed by atoms with Crippen molar-refractivity contribution in [2.45, 2.75) is 0 Å². The number of rotatable bonds is 4. The normalized spacial score (nSPS) is 11.9. The molecule has 3 heterocycles. The quantitative estimate of drug-likeness (QED) is 0.190. The van der Waals surface area contributed by atoms with E-state index in [-0.39, 0.29) is 0 Å². The third-order valence-corrected chi connectivity index (χ3v) is 12.3. The molecule has 216 valence electrons. The van der Waals surface area contributed by atoms with Gasteiger partial charge in [0.05, 0.1) is 10.2 Å². The lowest BCUT2D eigenvalue weighted by atomic mass is 10.1. The minimum Gasteiger partial charge on any atom is -0.310 e. The van der Waals surface area contributed by atoms with Crippen LogP contribution in [0.4, 0.5) is 17.1 Å². The van der Waals surface area contributed by atoms with E-state index in [0.29, 0.717) is 0 Å². The van der Waals surface area contributed by atoms with Gasteiger partial charge in [-0.3, -0.25) is 0 Å². The zero-order valence-electron chi connectivity index (χ0n) is 24.5. The van der Waals surface area contributed by atoms with Gasteiger partial charge in [0.25, 0.3) is 0 Å².